The zero-order valence-corrected chi connectivity index (χ0v) is 22.3. The molecule has 3 heterocycles. The van der Waals surface area contributed by atoms with E-state index in [0.717, 1.165) is 0 Å². The summed E-state index contributed by atoms with van der Waals surface area (Å²) < 4.78 is 34.6. The van der Waals surface area contributed by atoms with Gasteiger partial charge in [0.05, 0.1) is 37.0 Å². The van der Waals surface area contributed by atoms with Crippen LogP contribution in [0.1, 0.15) is 20.3 Å². The number of aliphatic hydroxyl groups excluding tert-OH is 7. The van der Waals surface area contributed by atoms with Crippen molar-refractivity contribution >= 4 is 0 Å². The Balaban J connectivity index is 1.49. The topological polar surface area (TPSA) is 301 Å². The Morgan fingerprint density at radius 3 is 1.55 bits per heavy atom. The highest BCUT2D eigenvalue weighted by atomic mass is 16.8. The Kier molecular flexibility index (Phi) is 10.4. The summed E-state index contributed by atoms with van der Waals surface area (Å²) in [4.78, 5) is 0. The molecule has 17 nitrogen and oxygen atoms in total. The van der Waals surface area contributed by atoms with Crippen LogP contribution in [0.5, 0.6) is 0 Å². The van der Waals surface area contributed by atoms with Gasteiger partial charge >= 0.3 is 0 Å². The van der Waals surface area contributed by atoms with E-state index in [4.69, 9.17) is 51.4 Å². The van der Waals surface area contributed by atoms with Crippen LogP contribution in [0.15, 0.2) is 0 Å². The summed E-state index contributed by atoms with van der Waals surface area (Å²) in [5.74, 6) is 0. The molecule has 4 fully saturated rings. The van der Waals surface area contributed by atoms with Crippen molar-refractivity contribution in [2.75, 3.05) is 6.61 Å². The second-order valence-corrected chi connectivity index (χ2v) is 11.1. The molecule has 3 saturated heterocycles. The van der Waals surface area contributed by atoms with Gasteiger partial charge in [-0.2, -0.15) is 0 Å². The molecular weight excluding hydrogens is 540 g/mol. The van der Waals surface area contributed by atoms with Gasteiger partial charge in [-0.1, -0.05) is 0 Å². The van der Waals surface area contributed by atoms with Crippen LogP contribution in [0.25, 0.3) is 0 Å². The molecule has 4 aliphatic rings. The standard InChI is InChI=1S/C23H44N4O13/c1-5-12(29)15(32)10(26)21(35-5)38-18-8(25)3-7(24)14(31)20(18)40-23-17(34)19(9(4-28)37-23)39-22-11(27)16(33)13(30)6(2)36-22/h5-23,28-34H,3-4,24-27H2,1-2H3/t5?,6?,7-,8?,9-,10?,11-,12+,13-,14?,15-,16?,17?,18+,19+,20-,21+,22-,23+/m1/s1. The molecule has 4 rings (SSSR count). The smallest absolute Gasteiger partial charge is 0.187 e. The highest BCUT2D eigenvalue weighted by Gasteiger charge is 2.54. The number of hydrogen-bond acceptors (Lipinski definition) is 17. The van der Waals surface area contributed by atoms with Gasteiger partial charge in [0.2, 0.25) is 0 Å². The largest absolute Gasteiger partial charge is 0.394 e. The van der Waals surface area contributed by atoms with Crippen molar-refractivity contribution in [1.29, 1.82) is 0 Å². The van der Waals surface area contributed by atoms with Crippen molar-refractivity contribution in [3.63, 3.8) is 0 Å². The first-order valence-electron chi connectivity index (χ1n) is 13.4. The average Bonchev–Trinajstić information content (AvgIpc) is 3.21. The molecule has 0 spiro atoms. The van der Waals surface area contributed by atoms with Crippen molar-refractivity contribution in [2.24, 2.45) is 22.9 Å². The summed E-state index contributed by atoms with van der Waals surface area (Å²) in [6.45, 7) is 2.42. The Morgan fingerprint density at radius 1 is 0.575 bits per heavy atom. The molecule has 0 aromatic heterocycles. The van der Waals surface area contributed by atoms with Crippen LogP contribution in [0.3, 0.4) is 0 Å². The molecule has 17 heteroatoms. The van der Waals surface area contributed by atoms with Gasteiger partial charge in [0.25, 0.3) is 0 Å². The van der Waals surface area contributed by atoms with Gasteiger partial charge < -0.3 is 87.1 Å². The summed E-state index contributed by atoms with van der Waals surface area (Å²) in [5, 5.41) is 72.4. The lowest BCUT2D eigenvalue weighted by atomic mass is 9.84. The summed E-state index contributed by atoms with van der Waals surface area (Å²) in [5.41, 5.74) is 24.3. The van der Waals surface area contributed by atoms with Gasteiger partial charge in [0.1, 0.15) is 54.9 Å². The summed E-state index contributed by atoms with van der Waals surface area (Å²) in [6, 6.07) is -3.98. The average molecular weight is 585 g/mol. The third kappa shape index (κ3) is 6.17. The van der Waals surface area contributed by atoms with Gasteiger partial charge in [-0.3, -0.25) is 0 Å². The molecule has 19 atom stereocenters. The molecule has 15 N–H and O–H groups in total. The number of ether oxygens (including phenoxy) is 6. The van der Waals surface area contributed by atoms with E-state index in [9.17, 15) is 35.7 Å². The molecule has 0 amide bonds. The van der Waals surface area contributed by atoms with Crippen molar-refractivity contribution in [3.05, 3.63) is 0 Å². The van der Waals surface area contributed by atoms with Crippen LogP contribution in [0.2, 0.25) is 0 Å². The van der Waals surface area contributed by atoms with Crippen LogP contribution >= 0.6 is 0 Å². The van der Waals surface area contributed by atoms with Crippen molar-refractivity contribution in [1.82, 2.24) is 0 Å². The Hall–Kier alpha value is -0.680. The molecule has 7 unspecified atom stereocenters. The molecule has 0 radical (unpaired) electrons. The summed E-state index contributed by atoms with van der Waals surface area (Å²) >= 11 is 0. The Bertz CT molecular complexity index is 836. The molecule has 1 aliphatic carbocycles. The van der Waals surface area contributed by atoms with Crippen molar-refractivity contribution in [2.45, 2.75) is 137 Å². The maximum absolute atomic E-state index is 11.1. The van der Waals surface area contributed by atoms with Crippen LogP contribution in [0.4, 0.5) is 0 Å². The minimum Gasteiger partial charge on any atom is -0.394 e. The maximum Gasteiger partial charge on any atom is 0.187 e. The first-order chi connectivity index (χ1) is 18.8. The third-order valence-corrected chi connectivity index (χ3v) is 8.19. The second kappa shape index (κ2) is 12.9. The predicted molar refractivity (Wildman–Crippen MR) is 132 cm³/mol. The molecule has 3 aliphatic heterocycles. The van der Waals surface area contributed by atoms with Crippen LogP contribution in [-0.2, 0) is 28.4 Å². The molecular formula is C23H44N4O13. The SMILES string of the molecule is CC1O[C@H](O[C@@H]2C(O)[C@H](O[C@@H]3C(O)[C@H](N)CC(N)[C@@H]3O[C@@H]3OC(C)[C@H](O)[C@H](O)C3N)O[C@@H]2CO)[C@H](N)C(O)[C@@H]1O. The monoisotopic (exact) mass is 584 g/mol. The van der Waals surface area contributed by atoms with Gasteiger partial charge in [0, 0.05) is 12.1 Å². The lowest BCUT2D eigenvalue weighted by Crippen LogP contribution is -2.67. The van der Waals surface area contributed by atoms with Gasteiger partial charge in [-0.15, -0.1) is 0 Å². The van der Waals surface area contributed by atoms with Crippen LogP contribution in [-0.4, -0.2) is 159 Å². The van der Waals surface area contributed by atoms with E-state index in [2.05, 4.69) is 0 Å². The van der Waals surface area contributed by atoms with Gasteiger partial charge in [-0.25, -0.2) is 0 Å². The number of aliphatic hydroxyl groups is 7. The van der Waals surface area contributed by atoms with E-state index < -0.39 is 123 Å². The van der Waals surface area contributed by atoms with Crippen molar-refractivity contribution in [3.8, 4) is 0 Å². The fraction of sp³-hybridized carbons (Fsp3) is 1.00. The van der Waals surface area contributed by atoms with Gasteiger partial charge in [-0.05, 0) is 20.3 Å². The molecule has 234 valence electrons. The van der Waals surface area contributed by atoms with Crippen LogP contribution < -0.4 is 22.9 Å². The molecule has 1 saturated carbocycles. The quantitative estimate of drug-likeness (QED) is 0.132. The Morgan fingerprint density at radius 2 is 1.05 bits per heavy atom. The highest BCUT2D eigenvalue weighted by molar-refractivity contribution is 5.02. The van der Waals surface area contributed by atoms with E-state index in [1.54, 1.807) is 0 Å². The minimum absolute atomic E-state index is 0.122. The number of hydrogen-bond donors (Lipinski definition) is 11. The minimum atomic E-state index is -1.56. The zero-order chi connectivity index (χ0) is 29.6. The number of rotatable bonds is 7. The zero-order valence-electron chi connectivity index (χ0n) is 22.3. The molecule has 0 aromatic carbocycles. The number of nitrogens with two attached hydrogens (primary N) is 4. The first kappa shape index (κ1) is 32.2. The van der Waals surface area contributed by atoms with E-state index in [0.29, 0.717) is 0 Å². The van der Waals surface area contributed by atoms with E-state index in [1.165, 1.54) is 13.8 Å². The van der Waals surface area contributed by atoms with E-state index in [1.807, 2.05) is 0 Å². The lowest BCUT2D eigenvalue weighted by molar-refractivity contribution is -0.306. The van der Waals surface area contributed by atoms with Gasteiger partial charge in [0.15, 0.2) is 18.9 Å². The molecule has 0 aromatic rings. The predicted octanol–water partition coefficient (Wildman–Crippen LogP) is -6.77. The maximum atomic E-state index is 11.1. The highest BCUT2D eigenvalue weighted by Crippen LogP contribution is 2.34. The normalized spacial score (nSPS) is 55.9. The van der Waals surface area contributed by atoms with Crippen LogP contribution in [0, 0.1) is 0 Å². The van der Waals surface area contributed by atoms with E-state index in [-0.39, 0.29) is 6.42 Å². The summed E-state index contributed by atoms with van der Waals surface area (Å²) in [7, 11) is 0. The fourth-order valence-electron chi connectivity index (χ4n) is 5.55. The lowest BCUT2D eigenvalue weighted by Gasteiger charge is -2.47. The third-order valence-electron chi connectivity index (χ3n) is 8.19. The van der Waals surface area contributed by atoms with Crippen molar-refractivity contribution < 1.29 is 64.2 Å². The summed E-state index contributed by atoms with van der Waals surface area (Å²) in [6.07, 6.45) is -18.5. The Labute approximate surface area is 230 Å². The fourth-order valence-corrected chi connectivity index (χ4v) is 5.55. The first-order valence-corrected chi connectivity index (χ1v) is 13.4. The van der Waals surface area contributed by atoms with E-state index >= 15 is 0 Å². The second-order valence-electron chi connectivity index (χ2n) is 11.1. The molecule has 40 heavy (non-hydrogen) atoms. The molecule has 0 bridgehead atoms.